The number of thiazole rings is 1. The standard InChI is InChI=1S/C31H16N2S3/c1-4-10-22-19(8-1)27-23(15-13-18-17-7-2-5-11-24(17)35-29(18)27)33(22)31-32-21-14-16-26-28(30(21)36-31)20-9-3-6-12-25(20)34-26/h1-16H. The minimum absolute atomic E-state index is 1.03. The van der Waals surface area contributed by atoms with Crippen LogP contribution >= 0.6 is 34.0 Å². The molecule has 0 amide bonds. The van der Waals surface area contributed by atoms with Crippen LogP contribution in [0.3, 0.4) is 0 Å². The van der Waals surface area contributed by atoms with E-state index >= 15 is 0 Å². The summed E-state index contributed by atoms with van der Waals surface area (Å²) in [6, 6.07) is 35.2. The summed E-state index contributed by atoms with van der Waals surface area (Å²) < 4.78 is 9.00. The molecule has 4 heterocycles. The summed E-state index contributed by atoms with van der Waals surface area (Å²) in [6.07, 6.45) is 0. The van der Waals surface area contributed by atoms with E-state index in [1.807, 2.05) is 22.7 Å². The normalized spacial score (nSPS) is 12.4. The highest BCUT2D eigenvalue weighted by Gasteiger charge is 2.20. The van der Waals surface area contributed by atoms with Crippen molar-refractivity contribution in [3.05, 3.63) is 97.1 Å². The second kappa shape index (κ2) is 6.92. The summed E-state index contributed by atoms with van der Waals surface area (Å²) in [6.45, 7) is 0. The summed E-state index contributed by atoms with van der Waals surface area (Å²) in [5.41, 5.74) is 3.50. The summed E-state index contributed by atoms with van der Waals surface area (Å²) in [7, 11) is 0. The van der Waals surface area contributed by atoms with E-state index in [1.54, 1.807) is 11.3 Å². The Bertz CT molecular complexity index is 2330. The van der Waals surface area contributed by atoms with Gasteiger partial charge in [-0.05, 0) is 36.4 Å². The van der Waals surface area contributed by atoms with Gasteiger partial charge in [0.15, 0.2) is 5.13 Å². The van der Waals surface area contributed by atoms with Gasteiger partial charge in [-0.15, -0.1) is 22.7 Å². The molecule has 36 heavy (non-hydrogen) atoms. The molecule has 0 aliphatic carbocycles. The van der Waals surface area contributed by atoms with Gasteiger partial charge >= 0.3 is 0 Å². The molecular formula is C31H16N2S3. The van der Waals surface area contributed by atoms with Crippen molar-refractivity contribution in [2.75, 3.05) is 0 Å². The molecule has 0 atom stereocenters. The van der Waals surface area contributed by atoms with Gasteiger partial charge in [-0.25, -0.2) is 4.98 Å². The van der Waals surface area contributed by atoms with Gasteiger partial charge in [0.25, 0.3) is 0 Å². The molecule has 9 rings (SSSR count). The molecule has 0 bridgehead atoms. The Hall–Kier alpha value is -3.77. The second-order valence-electron chi connectivity index (χ2n) is 9.17. The largest absolute Gasteiger partial charge is 0.285 e. The van der Waals surface area contributed by atoms with Gasteiger partial charge in [-0.1, -0.05) is 72.0 Å². The molecule has 0 spiro atoms. The second-order valence-corrected chi connectivity index (χ2v) is 12.3. The summed E-state index contributed by atoms with van der Waals surface area (Å²) >= 11 is 5.57. The molecule has 0 radical (unpaired) electrons. The summed E-state index contributed by atoms with van der Waals surface area (Å²) in [5, 5.41) is 8.98. The third-order valence-electron chi connectivity index (χ3n) is 7.26. The van der Waals surface area contributed by atoms with E-state index < -0.39 is 0 Å². The number of hydrogen-bond acceptors (Lipinski definition) is 4. The lowest BCUT2D eigenvalue weighted by Gasteiger charge is -2.02. The van der Waals surface area contributed by atoms with Crippen molar-refractivity contribution >= 4 is 106 Å². The minimum atomic E-state index is 1.03. The Morgan fingerprint density at radius 1 is 0.472 bits per heavy atom. The van der Waals surface area contributed by atoms with Crippen molar-refractivity contribution in [1.29, 1.82) is 0 Å². The van der Waals surface area contributed by atoms with Crippen LogP contribution in [0.15, 0.2) is 97.1 Å². The van der Waals surface area contributed by atoms with Crippen LogP contribution in [0.25, 0.3) is 77.5 Å². The van der Waals surface area contributed by atoms with Gasteiger partial charge < -0.3 is 0 Å². The zero-order chi connectivity index (χ0) is 23.4. The van der Waals surface area contributed by atoms with Gasteiger partial charge in [0.2, 0.25) is 0 Å². The molecule has 4 aromatic heterocycles. The molecule has 0 saturated carbocycles. The van der Waals surface area contributed by atoms with Crippen LogP contribution in [0, 0.1) is 0 Å². The number of rotatable bonds is 1. The number of hydrogen-bond donors (Lipinski definition) is 0. The highest BCUT2D eigenvalue weighted by molar-refractivity contribution is 7.28. The van der Waals surface area contributed by atoms with Crippen LogP contribution in [-0.4, -0.2) is 9.55 Å². The monoisotopic (exact) mass is 512 g/mol. The Labute approximate surface area is 217 Å². The van der Waals surface area contributed by atoms with Gasteiger partial charge in [-0.2, -0.15) is 0 Å². The van der Waals surface area contributed by atoms with Crippen molar-refractivity contribution in [2.24, 2.45) is 0 Å². The van der Waals surface area contributed by atoms with Crippen LogP contribution in [0.5, 0.6) is 0 Å². The molecule has 0 aliphatic heterocycles. The molecule has 0 aliphatic rings. The van der Waals surface area contributed by atoms with Crippen LogP contribution in [-0.2, 0) is 0 Å². The first-order chi connectivity index (χ1) is 17.8. The highest BCUT2D eigenvalue weighted by Crippen LogP contribution is 2.45. The molecule has 5 aromatic carbocycles. The zero-order valence-electron chi connectivity index (χ0n) is 18.9. The first-order valence-corrected chi connectivity index (χ1v) is 14.3. The van der Waals surface area contributed by atoms with Crippen molar-refractivity contribution in [3.8, 4) is 5.13 Å². The number of nitrogens with zero attached hydrogens (tertiary/aromatic N) is 2. The molecule has 9 aromatic rings. The number of aromatic nitrogens is 2. The minimum Gasteiger partial charge on any atom is -0.285 e. The van der Waals surface area contributed by atoms with Crippen molar-refractivity contribution < 1.29 is 0 Å². The van der Waals surface area contributed by atoms with E-state index in [9.17, 15) is 0 Å². The Morgan fingerprint density at radius 2 is 1.22 bits per heavy atom. The maximum absolute atomic E-state index is 5.20. The molecule has 0 unspecified atom stereocenters. The predicted molar refractivity (Wildman–Crippen MR) is 160 cm³/mol. The first kappa shape index (κ1) is 19.4. The highest BCUT2D eigenvalue weighted by atomic mass is 32.1. The average molecular weight is 513 g/mol. The number of thiophene rings is 2. The fourth-order valence-electron chi connectivity index (χ4n) is 5.72. The lowest BCUT2D eigenvalue weighted by atomic mass is 10.1. The number of para-hydroxylation sites is 1. The van der Waals surface area contributed by atoms with E-state index in [0.717, 1.165) is 10.6 Å². The first-order valence-electron chi connectivity index (χ1n) is 11.9. The molecule has 0 N–H and O–H groups in total. The quantitative estimate of drug-likeness (QED) is 0.214. The topological polar surface area (TPSA) is 17.8 Å². The van der Waals surface area contributed by atoms with Gasteiger partial charge in [0.05, 0.1) is 21.3 Å². The summed E-state index contributed by atoms with van der Waals surface area (Å²) in [5.74, 6) is 0. The van der Waals surface area contributed by atoms with Crippen LogP contribution in [0.4, 0.5) is 0 Å². The van der Waals surface area contributed by atoms with Gasteiger partial charge in [-0.3, -0.25) is 4.57 Å². The lowest BCUT2D eigenvalue weighted by Crippen LogP contribution is -1.92. The molecule has 168 valence electrons. The third kappa shape index (κ3) is 2.42. The Morgan fingerprint density at radius 3 is 2.11 bits per heavy atom. The van der Waals surface area contributed by atoms with Gasteiger partial charge in [0.1, 0.15) is 0 Å². The van der Waals surface area contributed by atoms with E-state index in [0.29, 0.717) is 0 Å². The lowest BCUT2D eigenvalue weighted by molar-refractivity contribution is 1.15. The van der Waals surface area contributed by atoms with E-state index in [4.69, 9.17) is 4.98 Å². The zero-order valence-corrected chi connectivity index (χ0v) is 21.3. The number of fused-ring (bicyclic) bond motifs is 12. The number of benzene rings is 5. The van der Waals surface area contributed by atoms with Crippen molar-refractivity contribution in [1.82, 2.24) is 9.55 Å². The molecule has 5 heteroatoms. The maximum atomic E-state index is 5.20. The van der Waals surface area contributed by atoms with E-state index in [-0.39, 0.29) is 0 Å². The molecule has 0 fully saturated rings. The predicted octanol–water partition coefficient (Wildman–Crippen LogP) is 10.1. The van der Waals surface area contributed by atoms with Gasteiger partial charge in [0, 0.05) is 51.1 Å². The van der Waals surface area contributed by atoms with Crippen molar-refractivity contribution in [3.63, 3.8) is 0 Å². The van der Waals surface area contributed by atoms with E-state index in [2.05, 4.69) is 102 Å². The fraction of sp³-hybridized carbons (Fsp3) is 0. The Balaban J connectivity index is 1.43. The Kier molecular flexibility index (Phi) is 3.73. The molecular weight excluding hydrogens is 497 g/mol. The maximum Gasteiger partial charge on any atom is 0.195 e. The summed E-state index contributed by atoms with van der Waals surface area (Å²) in [4.78, 5) is 5.20. The van der Waals surface area contributed by atoms with Crippen molar-refractivity contribution in [2.45, 2.75) is 0 Å². The molecule has 2 nitrogen and oxygen atoms in total. The third-order valence-corrected chi connectivity index (χ3v) is 10.7. The smallest absolute Gasteiger partial charge is 0.195 e. The molecule has 0 saturated heterocycles. The fourth-order valence-corrected chi connectivity index (χ4v) is 9.31. The SMILES string of the molecule is c1ccc2c(c1)sc1c2ccc2c1c1ccccc1n2-c1nc2ccc3sc4ccccc4c3c2s1. The van der Waals surface area contributed by atoms with Crippen LogP contribution in [0.1, 0.15) is 0 Å². The van der Waals surface area contributed by atoms with E-state index in [1.165, 1.54) is 66.9 Å². The van der Waals surface area contributed by atoms with Crippen LogP contribution in [0.2, 0.25) is 0 Å². The average Bonchev–Trinajstić information content (AvgIpc) is 3.67. The van der Waals surface area contributed by atoms with Crippen LogP contribution < -0.4 is 0 Å².